The molecule has 2 aromatic heterocycles. The molecule has 1 aliphatic heterocycles. The number of pyridine rings is 1. The molecular formula is C26H30N6O4. The third-order valence-corrected chi connectivity index (χ3v) is 5.39. The van der Waals surface area contributed by atoms with E-state index in [1.807, 2.05) is 58.0 Å². The third-order valence-electron chi connectivity index (χ3n) is 5.39. The van der Waals surface area contributed by atoms with Crippen LogP contribution >= 0.6 is 0 Å². The number of nitrogens with zero attached hydrogens (tertiary/aromatic N) is 4. The second-order valence-electron chi connectivity index (χ2n) is 9.44. The fourth-order valence-electron chi connectivity index (χ4n) is 3.68. The van der Waals surface area contributed by atoms with Gasteiger partial charge in [0.15, 0.2) is 5.82 Å². The van der Waals surface area contributed by atoms with E-state index in [0.29, 0.717) is 37.0 Å². The zero-order valence-corrected chi connectivity index (χ0v) is 20.8. The number of ether oxygens (including phenoxy) is 2. The lowest BCUT2D eigenvalue weighted by Crippen LogP contribution is -2.45. The number of hydrogen-bond acceptors (Lipinski definition) is 7. The Labute approximate surface area is 210 Å². The molecule has 0 saturated carbocycles. The molecule has 4 rings (SSSR count). The van der Waals surface area contributed by atoms with Gasteiger partial charge >= 0.3 is 12.1 Å². The first kappa shape index (κ1) is 25.1. The number of benzene rings is 1. The standard InChI is InChI=1S/C26H30N6O4/c1-17-5-10-20(13-28-17)29-24(33)31-23-15-27-14-21(30-23)18-6-8-19(9-7-18)22-16-35-12-11-32(22)25(34)36-26(2,3)4/h5-10,13-15,22H,11-12,16H2,1-4H3,(H2,29,30,31,33). The average molecular weight is 491 g/mol. The van der Waals surface area contributed by atoms with Crippen LogP contribution in [0.2, 0.25) is 0 Å². The predicted octanol–water partition coefficient (Wildman–Crippen LogP) is 4.80. The molecule has 0 radical (unpaired) electrons. The highest BCUT2D eigenvalue weighted by Crippen LogP contribution is 2.28. The number of carbonyl (C=O) groups is 2. The Morgan fingerprint density at radius 1 is 1.06 bits per heavy atom. The summed E-state index contributed by atoms with van der Waals surface area (Å²) in [6.45, 7) is 8.74. The summed E-state index contributed by atoms with van der Waals surface area (Å²) >= 11 is 0. The molecule has 0 spiro atoms. The van der Waals surface area contributed by atoms with Crippen LogP contribution in [0.25, 0.3) is 11.3 Å². The second-order valence-corrected chi connectivity index (χ2v) is 9.44. The van der Waals surface area contributed by atoms with Crippen LogP contribution in [0, 0.1) is 6.92 Å². The van der Waals surface area contributed by atoms with Crippen molar-refractivity contribution >= 4 is 23.6 Å². The van der Waals surface area contributed by atoms with Crippen LogP contribution in [0.3, 0.4) is 0 Å². The van der Waals surface area contributed by atoms with Gasteiger partial charge in [-0.3, -0.25) is 20.2 Å². The number of anilines is 2. The largest absolute Gasteiger partial charge is 0.444 e. The number of amides is 3. The van der Waals surface area contributed by atoms with Crippen LogP contribution in [-0.2, 0) is 9.47 Å². The van der Waals surface area contributed by atoms with Crippen molar-refractivity contribution in [3.63, 3.8) is 0 Å². The molecule has 36 heavy (non-hydrogen) atoms. The van der Waals surface area contributed by atoms with Gasteiger partial charge in [-0.25, -0.2) is 14.6 Å². The molecular weight excluding hydrogens is 460 g/mol. The lowest BCUT2D eigenvalue weighted by atomic mass is 10.0. The van der Waals surface area contributed by atoms with Crippen molar-refractivity contribution in [1.29, 1.82) is 0 Å². The molecule has 3 aromatic rings. The normalized spacial score (nSPS) is 15.8. The number of carbonyl (C=O) groups excluding carboxylic acids is 2. The highest BCUT2D eigenvalue weighted by molar-refractivity contribution is 5.99. The average Bonchev–Trinajstić information content (AvgIpc) is 2.85. The molecule has 1 aromatic carbocycles. The van der Waals surface area contributed by atoms with E-state index in [2.05, 4.69) is 25.6 Å². The summed E-state index contributed by atoms with van der Waals surface area (Å²) in [5.41, 5.74) is 3.20. The maximum atomic E-state index is 12.7. The summed E-state index contributed by atoms with van der Waals surface area (Å²) in [4.78, 5) is 39.6. The van der Waals surface area contributed by atoms with Crippen molar-refractivity contribution in [2.45, 2.75) is 39.3 Å². The minimum atomic E-state index is -0.574. The lowest BCUT2D eigenvalue weighted by molar-refractivity contribution is -0.0331. The molecule has 188 valence electrons. The third kappa shape index (κ3) is 6.54. The lowest BCUT2D eigenvalue weighted by Gasteiger charge is -2.36. The van der Waals surface area contributed by atoms with Crippen molar-refractivity contribution < 1.29 is 19.1 Å². The number of nitrogens with one attached hydrogen (secondary N) is 2. The zero-order valence-electron chi connectivity index (χ0n) is 20.8. The van der Waals surface area contributed by atoms with E-state index in [0.717, 1.165) is 16.8 Å². The van der Waals surface area contributed by atoms with Crippen molar-refractivity contribution in [2.24, 2.45) is 0 Å². The number of rotatable bonds is 4. The Bertz CT molecular complexity index is 1210. The van der Waals surface area contributed by atoms with Crippen LogP contribution in [-0.4, -0.2) is 57.3 Å². The molecule has 3 heterocycles. The highest BCUT2D eigenvalue weighted by atomic mass is 16.6. The Morgan fingerprint density at radius 2 is 1.83 bits per heavy atom. The van der Waals surface area contributed by atoms with Gasteiger partial charge in [0.1, 0.15) is 5.60 Å². The number of aryl methyl sites for hydroxylation is 1. The van der Waals surface area contributed by atoms with Crippen molar-refractivity contribution in [1.82, 2.24) is 19.9 Å². The van der Waals surface area contributed by atoms with Gasteiger partial charge in [0.2, 0.25) is 0 Å². The summed E-state index contributed by atoms with van der Waals surface area (Å²) in [6.07, 6.45) is 4.32. The molecule has 0 aliphatic carbocycles. The van der Waals surface area contributed by atoms with E-state index in [1.165, 1.54) is 6.20 Å². The second kappa shape index (κ2) is 10.7. The molecule has 1 unspecified atom stereocenters. The monoisotopic (exact) mass is 490 g/mol. The molecule has 3 amide bonds. The van der Waals surface area contributed by atoms with E-state index >= 15 is 0 Å². The van der Waals surface area contributed by atoms with Crippen LogP contribution in [0.4, 0.5) is 21.1 Å². The Hall–Kier alpha value is -4.05. The minimum absolute atomic E-state index is 0.248. The van der Waals surface area contributed by atoms with Crippen LogP contribution < -0.4 is 10.6 Å². The maximum Gasteiger partial charge on any atom is 0.410 e. The molecule has 2 N–H and O–H groups in total. The molecule has 1 saturated heterocycles. The molecule has 1 atom stereocenters. The van der Waals surface area contributed by atoms with Gasteiger partial charge in [-0.05, 0) is 45.4 Å². The first-order chi connectivity index (χ1) is 17.2. The van der Waals surface area contributed by atoms with Crippen LogP contribution in [0.15, 0.2) is 55.0 Å². The van der Waals surface area contributed by atoms with Gasteiger partial charge in [-0.2, -0.15) is 0 Å². The SMILES string of the molecule is Cc1ccc(NC(=O)Nc2cncc(-c3ccc(C4COCCN4C(=O)OC(C)(C)C)cc3)n2)cn1. The Morgan fingerprint density at radius 3 is 2.53 bits per heavy atom. The molecule has 1 aliphatic rings. The van der Waals surface area contributed by atoms with E-state index < -0.39 is 11.6 Å². The van der Waals surface area contributed by atoms with Gasteiger partial charge in [-0.15, -0.1) is 0 Å². The van der Waals surface area contributed by atoms with Crippen LogP contribution in [0.5, 0.6) is 0 Å². The fourth-order valence-corrected chi connectivity index (χ4v) is 3.68. The number of urea groups is 1. The van der Waals surface area contributed by atoms with Gasteiger partial charge in [0, 0.05) is 17.8 Å². The minimum Gasteiger partial charge on any atom is -0.444 e. The molecule has 10 heteroatoms. The zero-order chi connectivity index (χ0) is 25.7. The number of hydrogen-bond donors (Lipinski definition) is 2. The van der Waals surface area contributed by atoms with Gasteiger partial charge in [-0.1, -0.05) is 24.3 Å². The topological polar surface area (TPSA) is 119 Å². The summed E-state index contributed by atoms with van der Waals surface area (Å²) in [6, 6.07) is 10.6. The summed E-state index contributed by atoms with van der Waals surface area (Å²) < 4.78 is 11.2. The number of aromatic nitrogens is 3. The van der Waals surface area contributed by atoms with E-state index in [9.17, 15) is 9.59 Å². The summed E-state index contributed by atoms with van der Waals surface area (Å²) in [7, 11) is 0. The van der Waals surface area contributed by atoms with Gasteiger partial charge < -0.3 is 14.8 Å². The number of morpholine rings is 1. The van der Waals surface area contributed by atoms with E-state index in [4.69, 9.17) is 9.47 Å². The van der Waals surface area contributed by atoms with Crippen LogP contribution in [0.1, 0.15) is 38.1 Å². The van der Waals surface area contributed by atoms with Gasteiger partial charge in [0.25, 0.3) is 0 Å². The predicted molar refractivity (Wildman–Crippen MR) is 136 cm³/mol. The fraction of sp³-hybridized carbons (Fsp3) is 0.346. The Balaban J connectivity index is 1.44. The molecule has 0 bridgehead atoms. The highest BCUT2D eigenvalue weighted by Gasteiger charge is 2.32. The maximum absolute atomic E-state index is 12.7. The first-order valence-electron chi connectivity index (χ1n) is 11.7. The Kier molecular flexibility index (Phi) is 7.44. The van der Waals surface area contributed by atoms with Crippen molar-refractivity contribution in [2.75, 3.05) is 30.4 Å². The van der Waals surface area contributed by atoms with Crippen molar-refractivity contribution in [3.05, 3.63) is 66.2 Å². The molecule has 1 fully saturated rings. The smallest absolute Gasteiger partial charge is 0.410 e. The first-order valence-corrected chi connectivity index (χ1v) is 11.7. The summed E-state index contributed by atoms with van der Waals surface area (Å²) in [5.74, 6) is 0.311. The summed E-state index contributed by atoms with van der Waals surface area (Å²) in [5, 5.41) is 5.40. The van der Waals surface area contributed by atoms with Crippen molar-refractivity contribution in [3.8, 4) is 11.3 Å². The van der Waals surface area contributed by atoms with E-state index in [1.54, 1.807) is 23.4 Å². The van der Waals surface area contributed by atoms with E-state index in [-0.39, 0.29) is 12.1 Å². The van der Waals surface area contributed by atoms with Gasteiger partial charge in [0.05, 0.1) is 49.2 Å². The quantitative estimate of drug-likeness (QED) is 0.539. The molecule has 10 nitrogen and oxygen atoms in total.